The van der Waals surface area contributed by atoms with Crippen LogP contribution in [0.5, 0.6) is 0 Å². The lowest BCUT2D eigenvalue weighted by molar-refractivity contribution is -0.141. The first-order chi connectivity index (χ1) is 9.19. The minimum atomic E-state index is -0.452. The van der Waals surface area contributed by atoms with Gasteiger partial charge in [-0.05, 0) is 30.4 Å². The second-order valence-electron chi connectivity index (χ2n) is 4.42. The molecule has 0 unspecified atom stereocenters. The van der Waals surface area contributed by atoms with Crippen LogP contribution in [0, 0.1) is 0 Å². The summed E-state index contributed by atoms with van der Waals surface area (Å²) >= 11 is 1.69. The highest BCUT2D eigenvalue weighted by Crippen LogP contribution is 2.15. The summed E-state index contributed by atoms with van der Waals surface area (Å²) in [5.41, 5.74) is 1.13. The van der Waals surface area contributed by atoms with E-state index in [9.17, 15) is 9.59 Å². The Bertz CT molecular complexity index is 458. The number of hydrogen-bond donors (Lipinski definition) is 1. The molecule has 1 heterocycles. The van der Waals surface area contributed by atoms with Crippen molar-refractivity contribution >= 4 is 23.6 Å². The van der Waals surface area contributed by atoms with E-state index in [0.717, 1.165) is 5.56 Å². The average Bonchev–Trinajstić information content (AvgIpc) is 2.82. The minimum absolute atomic E-state index is 0.0993. The van der Waals surface area contributed by atoms with Crippen LogP contribution in [0.3, 0.4) is 0 Å². The Balaban J connectivity index is 1.77. The van der Waals surface area contributed by atoms with Crippen molar-refractivity contribution in [3.63, 3.8) is 0 Å². The number of hydrogen-bond acceptors (Lipinski definition) is 4. The Kier molecular flexibility index (Phi) is 4.85. The zero-order chi connectivity index (χ0) is 13.7. The summed E-state index contributed by atoms with van der Waals surface area (Å²) < 4.78 is 4.80. The van der Waals surface area contributed by atoms with Crippen molar-refractivity contribution < 1.29 is 14.3 Å². The van der Waals surface area contributed by atoms with Crippen LogP contribution in [0.2, 0.25) is 0 Å². The van der Waals surface area contributed by atoms with Crippen LogP contribution < -0.4 is 5.32 Å². The number of cyclic esters (lactones) is 1. The topological polar surface area (TPSA) is 55.4 Å². The van der Waals surface area contributed by atoms with E-state index in [1.54, 1.807) is 11.8 Å². The highest BCUT2D eigenvalue weighted by Gasteiger charge is 2.27. The Hall–Kier alpha value is -1.49. The molecule has 5 heteroatoms. The number of benzene rings is 1. The molecule has 1 aromatic rings. The zero-order valence-electron chi connectivity index (χ0n) is 10.8. The van der Waals surface area contributed by atoms with Crippen LogP contribution in [0.15, 0.2) is 29.2 Å². The van der Waals surface area contributed by atoms with Crippen LogP contribution in [0.1, 0.15) is 18.4 Å². The maximum absolute atomic E-state index is 11.7. The molecule has 4 nitrogen and oxygen atoms in total. The third-order valence-corrected chi connectivity index (χ3v) is 3.81. The number of aryl methyl sites for hydroxylation is 1. The number of esters is 1. The Morgan fingerprint density at radius 3 is 2.74 bits per heavy atom. The highest BCUT2D eigenvalue weighted by atomic mass is 32.2. The predicted molar refractivity (Wildman–Crippen MR) is 74.1 cm³/mol. The predicted octanol–water partition coefficient (Wildman–Crippen LogP) is 1.77. The molecule has 1 saturated heterocycles. The van der Waals surface area contributed by atoms with Crippen molar-refractivity contribution in [1.82, 2.24) is 5.32 Å². The third-order valence-electron chi connectivity index (χ3n) is 3.07. The summed E-state index contributed by atoms with van der Waals surface area (Å²) in [6.07, 6.45) is 3.68. The number of carbonyl (C=O) groups is 2. The maximum atomic E-state index is 11.7. The lowest BCUT2D eigenvalue weighted by Crippen LogP contribution is -2.37. The molecule has 1 aromatic carbocycles. The van der Waals surface area contributed by atoms with Crippen LogP contribution in [0.4, 0.5) is 0 Å². The fraction of sp³-hybridized carbons (Fsp3) is 0.429. The SMILES string of the molecule is CSc1ccc(CCC(=O)N[C@H]2CCOC2=O)cc1. The highest BCUT2D eigenvalue weighted by molar-refractivity contribution is 7.98. The Labute approximate surface area is 116 Å². The molecule has 0 spiro atoms. The number of ether oxygens (including phenoxy) is 1. The van der Waals surface area contributed by atoms with Crippen molar-refractivity contribution in [2.45, 2.75) is 30.2 Å². The van der Waals surface area contributed by atoms with E-state index in [0.29, 0.717) is 25.9 Å². The van der Waals surface area contributed by atoms with Gasteiger partial charge in [-0.1, -0.05) is 12.1 Å². The molecule has 1 fully saturated rings. The van der Waals surface area contributed by atoms with Gasteiger partial charge < -0.3 is 10.1 Å². The van der Waals surface area contributed by atoms with E-state index in [2.05, 4.69) is 5.32 Å². The maximum Gasteiger partial charge on any atom is 0.328 e. The molecule has 1 aliphatic rings. The summed E-state index contributed by atoms with van der Waals surface area (Å²) in [7, 11) is 0. The normalized spacial score (nSPS) is 18.2. The molecule has 0 aromatic heterocycles. The molecule has 1 aliphatic heterocycles. The first-order valence-electron chi connectivity index (χ1n) is 6.28. The smallest absolute Gasteiger partial charge is 0.328 e. The summed E-state index contributed by atoms with van der Waals surface area (Å²) in [4.78, 5) is 24.1. The first kappa shape index (κ1) is 13.9. The molecule has 1 amide bonds. The third kappa shape index (κ3) is 3.99. The van der Waals surface area contributed by atoms with Crippen molar-refractivity contribution in [3.8, 4) is 0 Å². The van der Waals surface area contributed by atoms with E-state index in [-0.39, 0.29) is 11.9 Å². The number of nitrogens with one attached hydrogen (secondary N) is 1. The summed E-state index contributed by atoms with van der Waals surface area (Å²) in [5, 5.41) is 2.70. The van der Waals surface area contributed by atoms with Gasteiger partial charge in [-0.2, -0.15) is 0 Å². The van der Waals surface area contributed by atoms with Gasteiger partial charge in [0.1, 0.15) is 6.04 Å². The fourth-order valence-electron chi connectivity index (χ4n) is 1.94. The van der Waals surface area contributed by atoms with Gasteiger partial charge in [-0.15, -0.1) is 11.8 Å². The molecular weight excluding hydrogens is 262 g/mol. The lowest BCUT2D eigenvalue weighted by atomic mass is 10.1. The van der Waals surface area contributed by atoms with Gasteiger partial charge in [-0.25, -0.2) is 4.79 Å². The number of thioether (sulfide) groups is 1. The van der Waals surface area contributed by atoms with Crippen molar-refractivity contribution in [1.29, 1.82) is 0 Å². The van der Waals surface area contributed by atoms with Gasteiger partial charge in [0.2, 0.25) is 5.91 Å². The molecule has 0 saturated carbocycles. The number of amides is 1. The van der Waals surface area contributed by atoms with E-state index in [1.807, 2.05) is 30.5 Å². The Morgan fingerprint density at radius 2 is 2.16 bits per heavy atom. The van der Waals surface area contributed by atoms with E-state index in [1.165, 1.54) is 4.90 Å². The van der Waals surface area contributed by atoms with E-state index >= 15 is 0 Å². The monoisotopic (exact) mass is 279 g/mol. The van der Waals surface area contributed by atoms with E-state index in [4.69, 9.17) is 4.74 Å². The minimum Gasteiger partial charge on any atom is -0.464 e. The molecular formula is C14H17NO3S. The second-order valence-corrected chi connectivity index (χ2v) is 5.30. The van der Waals surface area contributed by atoms with Gasteiger partial charge in [0.15, 0.2) is 0 Å². The lowest BCUT2D eigenvalue weighted by Gasteiger charge is -2.08. The number of carbonyl (C=O) groups excluding carboxylic acids is 2. The Morgan fingerprint density at radius 1 is 1.42 bits per heavy atom. The molecule has 0 bridgehead atoms. The van der Waals surface area contributed by atoms with Crippen molar-refractivity contribution in [2.24, 2.45) is 0 Å². The molecule has 0 aliphatic carbocycles. The van der Waals surface area contributed by atoms with Gasteiger partial charge in [0.25, 0.3) is 0 Å². The van der Waals surface area contributed by atoms with Crippen LogP contribution >= 0.6 is 11.8 Å². The fourth-order valence-corrected chi connectivity index (χ4v) is 2.35. The quantitative estimate of drug-likeness (QED) is 0.659. The van der Waals surface area contributed by atoms with Gasteiger partial charge in [0.05, 0.1) is 6.61 Å². The molecule has 19 heavy (non-hydrogen) atoms. The first-order valence-corrected chi connectivity index (χ1v) is 7.50. The number of rotatable bonds is 5. The average molecular weight is 279 g/mol. The van der Waals surface area contributed by atoms with Crippen molar-refractivity contribution in [2.75, 3.05) is 12.9 Å². The summed E-state index contributed by atoms with van der Waals surface area (Å²) in [6.45, 7) is 0.403. The van der Waals surface area contributed by atoms with Crippen LogP contribution in [-0.4, -0.2) is 30.8 Å². The van der Waals surface area contributed by atoms with Crippen molar-refractivity contribution in [3.05, 3.63) is 29.8 Å². The molecule has 1 N–H and O–H groups in total. The van der Waals surface area contributed by atoms with E-state index < -0.39 is 6.04 Å². The summed E-state index contributed by atoms with van der Waals surface area (Å²) in [6, 6.07) is 7.70. The zero-order valence-corrected chi connectivity index (χ0v) is 11.7. The van der Waals surface area contributed by atoms with Gasteiger partial charge in [0, 0.05) is 17.7 Å². The molecule has 0 radical (unpaired) electrons. The second kappa shape index (κ2) is 6.61. The standard InChI is InChI=1S/C14H17NO3S/c1-19-11-5-2-10(3-6-11)4-7-13(16)15-12-8-9-18-14(12)17/h2-3,5-6,12H,4,7-9H2,1H3,(H,15,16)/t12-/m0/s1. The largest absolute Gasteiger partial charge is 0.464 e. The van der Waals surface area contributed by atoms with Gasteiger partial charge in [-0.3, -0.25) is 4.79 Å². The molecule has 102 valence electrons. The summed E-state index contributed by atoms with van der Waals surface area (Å²) in [5.74, 6) is -0.421. The van der Waals surface area contributed by atoms with Crippen LogP contribution in [-0.2, 0) is 20.7 Å². The molecule has 1 atom stereocenters. The van der Waals surface area contributed by atoms with Crippen LogP contribution in [0.25, 0.3) is 0 Å². The molecule has 2 rings (SSSR count). The van der Waals surface area contributed by atoms with Gasteiger partial charge >= 0.3 is 5.97 Å².